The molecule has 0 saturated carbocycles. The number of aromatic nitrogens is 4. The van der Waals surface area contributed by atoms with Crippen molar-refractivity contribution in [3.8, 4) is 5.75 Å². The van der Waals surface area contributed by atoms with E-state index in [-0.39, 0.29) is 29.9 Å². The summed E-state index contributed by atoms with van der Waals surface area (Å²) in [5, 5.41) is 13.2. The lowest BCUT2D eigenvalue weighted by Crippen LogP contribution is -2.36. The summed E-state index contributed by atoms with van der Waals surface area (Å²) in [5.74, 6) is -0.438. The van der Waals surface area contributed by atoms with E-state index in [9.17, 15) is 14.5 Å². The SMILES string of the molecule is COC(=O)[C@@H](C)NP(=O)(OC[C@H]1O[C@@H](n2cnc3c(Cl)nc(N)nc32)C[C@@H]1O)Oc1ccccc1. The maximum absolute atomic E-state index is 13.5. The molecule has 15 heteroatoms. The number of nitrogen functional groups attached to an aromatic ring is 1. The number of imidazole rings is 1. The van der Waals surface area contributed by atoms with Gasteiger partial charge in [0, 0.05) is 6.42 Å². The number of esters is 1. The van der Waals surface area contributed by atoms with Crippen LogP contribution >= 0.6 is 19.3 Å². The van der Waals surface area contributed by atoms with Crippen LogP contribution in [0.25, 0.3) is 11.2 Å². The quantitative estimate of drug-likeness (QED) is 0.211. The van der Waals surface area contributed by atoms with Crippen LogP contribution in [0.3, 0.4) is 0 Å². The Hall–Kier alpha value is -2.80. The second-order valence-electron chi connectivity index (χ2n) is 7.70. The van der Waals surface area contributed by atoms with E-state index in [1.54, 1.807) is 34.9 Å². The Morgan fingerprint density at radius 1 is 1.40 bits per heavy atom. The first-order valence-corrected chi connectivity index (χ1v) is 12.4. The minimum absolute atomic E-state index is 0.0347. The molecule has 0 aliphatic carbocycles. The van der Waals surface area contributed by atoms with Crippen LogP contribution in [0.2, 0.25) is 5.15 Å². The molecule has 1 fully saturated rings. The number of rotatable bonds is 9. The number of nitrogens with zero attached hydrogens (tertiary/aromatic N) is 4. The lowest BCUT2D eigenvalue weighted by Gasteiger charge is -2.24. The number of nitrogens with two attached hydrogens (primary N) is 1. The van der Waals surface area contributed by atoms with Crippen molar-refractivity contribution in [3.05, 3.63) is 41.8 Å². The third-order valence-electron chi connectivity index (χ3n) is 5.19. The van der Waals surface area contributed by atoms with Crippen molar-refractivity contribution in [2.75, 3.05) is 19.5 Å². The van der Waals surface area contributed by atoms with E-state index in [4.69, 9.17) is 31.1 Å². The Balaban J connectivity index is 1.49. The van der Waals surface area contributed by atoms with E-state index in [1.807, 2.05) is 0 Å². The number of hydrogen-bond acceptors (Lipinski definition) is 11. The number of fused-ring (bicyclic) bond motifs is 1. The molecule has 3 aromatic rings. The number of ether oxygens (including phenoxy) is 2. The molecular weight excluding hydrogens is 503 g/mol. The molecule has 0 radical (unpaired) electrons. The summed E-state index contributed by atoms with van der Waals surface area (Å²) in [4.78, 5) is 24.1. The fourth-order valence-corrected chi connectivity index (χ4v) is 5.21. The molecule has 1 saturated heterocycles. The summed E-state index contributed by atoms with van der Waals surface area (Å²) >= 11 is 6.08. The smallest absolute Gasteiger partial charge is 0.459 e. The van der Waals surface area contributed by atoms with Gasteiger partial charge in [0.25, 0.3) is 0 Å². The minimum atomic E-state index is -4.09. The van der Waals surface area contributed by atoms with E-state index in [2.05, 4.69) is 24.8 Å². The van der Waals surface area contributed by atoms with Crippen LogP contribution in [0.4, 0.5) is 5.95 Å². The molecular formula is C20H24ClN6O7P. The monoisotopic (exact) mass is 526 g/mol. The van der Waals surface area contributed by atoms with Crippen molar-refractivity contribution in [2.24, 2.45) is 0 Å². The summed E-state index contributed by atoms with van der Waals surface area (Å²) in [5.41, 5.74) is 6.37. The third-order valence-corrected chi connectivity index (χ3v) is 7.10. The van der Waals surface area contributed by atoms with Crippen molar-refractivity contribution >= 4 is 42.4 Å². The van der Waals surface area contributed by atoms with Gasteiger partial charge in [-0.15, -0.1) is 0 Å². The van der Waals surface area contributed by atoms with Gasteiger partial charge in [-0.2, -0.15) is 15.1 Å². The summed E-state index contributed by atoms with van der Waals surface area (Å²) in [6.45, 7) is 1.14. The topological polar surface area (TPSA) is 173 Å². The number of nitrogens with one attached hydrogen (secondary N) is 1. The molecule has 4 rings (SSSR count). The maximum Gasteiger partial charge on any atom is 0.459 e. The number of benzene rings is 1. The van der Waals surface area contributed by atoms with Crippen LogP contribution in [0, 0.1) is 0 Å². The predicted molar refractivity (Wildman–Crippen MR) is 125 cm³/mol. The number of methoxy groups -OCH3 is 1. The Labute approximate surface area is 205 Å². The molecule has 188 valence electrons. The number of para-hydroxylation sites is 1. The van der Waals surface area contributed by atoms with E-state index < -0.39 is 38.2 Å². The average molecular weight is 527 g/mol. The van der Waals surface area contributed by atoms with Gasteiger partial charge in [0.2, 0.25) is 5.95 Å². The van der Waals surface area contributed by atoms with Crippen LogP contribution < -0.4 is 15.3 Å². The van der Waals surface area contributed by atoms with Crippen molar-refractivity contribution in [2.45, 2.75) is 37.8 Å². The van der Waals surface area contributed by atoms with Gasteiger partial charge in [0.05, 0.1) is 26.1 Å². The summed E-state index contributed by atoms with van der Waals surface area (Å²) in [6.07, 6.45) is -0.916. The second-order valence-corrected chi connectivity index (χ2v) is 9.75. The highest BCUT2D eigenvalue weighted by atomic mass is 35.5. The van der Waals surface area contributed by atoms with Gasteiger partial charge in [-0.05, 0) is 19.1 Å². The highest BCUT2D eigenvalue weighted by Gasteiger charge is 2.39. The van der Waals surface area contributed by atoms with Gasteiger partial charge in [0.15, 0.2) is 10.8 Å². The predicted octanol–water partition coefficient (Wildman–Crippen LogP) is 2.07. The molecule has 4 N–H and O–H groups in total. The zero-order valence-corrected chi connectivity index (χ0v) is 20.4. The first kappa shape index (κ1) is 25.3. The van der Waals surface area contributed by atoms with Crippen LogP contribution in [0.5, 0.6) is 5.75 Å². The number of aliphatic hydroxyl groups is 1. The van der Waals surface area contributed by atoms with Crippen LogP contribution in [-0.2, 0) is 23.4 Å². The molecule has 1 aromatic carbocycles. The van der Waals surface area contributed by atoms with Gasteiger partial charge >= 0.3 is 13.7 Å². The first-order chi connectivity index (χ1) is 16.7. The highest BCUT2D eigenvalue weighted by molar-refractivity contribution is 7.52. The van der Waals surface area contributed by atoms with Gasteiger partial charge < -0.3 is 24.8 Å². The van der Waals surface area contributed by atoms with E-state index in [1.165, 1.54) is 20.4 Å². The normalized spacial score (nSPS) is 22.6. The van der Waals surface area contributed by atoms with E-state index in [0.29, 0.717) is 11.2 Å². The molecule has 0 spiro atoms. The maximum atomic E-state index is 13.5. The molecule has 0 bridgehead atoms. The molecule has 1 aliphatic rings. The van der Waals surface area contributed by atoms with Crippen LogP contribution in [-0.4, -0.2) is 62.6 Å². The molecule has 1 unspecified atom stereocenters. The Bertz CT molecular complexity index is 1250. The number of anilines is 1. The molecule has 13 nitrogen and oxygen atoms in total. The lowest BCUT2D eigenvalue weighted by atomic mass is 10.2. The Kier molecular flexibility index (Phi) is 7.55. The summed E-state index contributed by atoms with van der Waals surface area (Å²) in [7, 11) is -2.88. The van der Waals surface area contributed by atoms with Crippen molar-refractivity contribution in [1.82, 2.24) is 24.6 Å². The number of aliphatic hydroxyl groups excluding tert-OH is 1. The number of carbonyl (C=O) groups is 1. The largest absolute Gasteiger partial charge is 0.468 e. The minimum Gasteiger partial charge on any atom is -0.468 e. The summed E-state index contributed by atoms with van der Waals surface area (Å²) in [6, 6.07) is 7.31. The molecule has 2 aromatic heterocycles. The molecule has 5 atom stereocenters. The van der Waals surface area contributed by atoms with Gasteiger partial charge in [0.1, 0.15) is 29.6 Å². The highest BCUT2D eigenvalue weighted by Crippen LogP contribution is 2.46. The molecule has 1 aliphatic heterocycles. The van der Waals surface area contributed by atoms with E-state index >= 15 is 0 Å². The molecule has 35 heavy (non-hydrogen) atoms. The zero-order valence-electron chi connectivity index (χ0n) is 18.8. The van der Waals surface area contributed by atoms with Gasteiger partial charge in [-0.1, -0.05) is 29.8 Å². The van der Waals surface area contributed by atoms with Gasteiger partial charge in [-0.3, -0.25) is 13.9 Å². The molecule has 0 amide bonds. The summed E-state index contributed by atoms with van der Waals surface area (Å²) < 4.78 is 36.8. The van der Waals surface area contributed by atoms with Crippen molar-refractivity contribution in [1.29, 1.82) is 0 Å². The molecule has 3 heterocycles. The fraction of sp³-hybridized carbons (Fsp3) is 0.400. The third kappa shape index (κ3) is 5.72. The van der Waals surface area contributed by atoms with Crippen molar-refractivity contribution in [3.63, 3.8) is 0 Å². The van der Waals surface area contributed by atoms with Gasteiger partial charge in [-0.25, -0.2) is 9.55 Å². The Morgan fingerprint density at radius 2 is 2.14 bits per heavy atom. The average Bonchev–Trinajstić information content (AvgIpc) is 3.41. The zero-order chi connectivity index (χ0) is 25.2. The second kappa shape index (κ2) is 10.4. The Morgan fingerprint density at radius 3 is 2.86 bits per heavy atom. The first-order valence-electron chi connectivity index (χ1n) is 10.5. The standard InChI is InChI=1S/C20H24ClN6O7P/c1-11(19(29)31-2)26-35(30,34-12-6-4-3-5-7-12)32-9-14-13(28)8-15(33-14)27-10-23-16-17(21)24-20(22)25-18(16)27/h3-7,10-11,13-15,28H,8-9H2,1-2H3,(H,26,30)(H2,22,24,25)/t11-,13+,14-,15-,35?/m1/s1. The van der Waals surface area contributed by atoms with E-state index in [0.717, 1.165) is 0 Å². The number of carbonyl (C=O) groups excluding carboxylic acids is 1. The van der Waals surface area contributed by atoms with Crippen molar-refractivity contribution < 1.29 is 33.0 Å². The van der Waals surface area contributed by atoms with Crippen LogP contribution in [0.15, 0.2) is 36.7 Å². The fourth-order valence-electron chi connectivity index (χ4n) is 3.49. The lowest BCUT2D eigenvalue weighted by molar-refractivity contribution is -0.142. The number of hydrogen-bond donors (Lipinski definition) is 3. The van der Waals surface area contributed by atoms with Crippen LogP contribution in [0.1, 0.15) is 19.6 Å². The number of halogens is 1.